The van der Waals surface area contributed by atoms with Crippen LogP contribution >= 0.6 is 11.3 Å². The second kappa shape index (κ2) is 12.0. The van der Waals surface area contributed by atoms with E-state index in [1.807, 2.05) is 49.4 Å². The Morgan fingerprint density at radius 3 is 2.50 bits per heavy atom. The van der Waals surface area contributed by atoms with E-state index in [0.717, 1.165) is 33.5 Å². The van der Waals surface area contributed by atoms with Gasteiger partial charge in [0, 0.05) is 33.9 Å². The fraction of sp³-hybridized carbons (Fsp3) is 0.333. The average Bonchev–Trinajstić information content (AvgIpc) is 3.73. The summed E-state index contributed by atoms with van der Waals surface area (Å²) in [6.45, 7) is 2.66. The van der Waals surface area contributed by atoms with Gasteiger partial charge >= 0.3 is 0 Å². The van der Waals surface area contributed by atoms with Gasteiger partial charge in [0.05, 0.1) is 32.8 Å². The van der Waals surface area contributed by atoms with E-state index in [-0.39, 0.29) is 23.4 Å². The number of hydrogen-bond donors (Lipinski definition) is 0. The molecule has 1 fully saturated rings. The molecule has 2 heterocycles. The third-order valence-corrected chi connectivity index (χ3v) is 9.96. The number of aryl methyl sites for hydroxylation is 1. The first kappa shape index (κ1) is 28.1. The van der Waals surface area contributed by atoms with E-state index in [0.29, 0.717) is 36.5 Å². The Morgan fingerprint density at radius 1 is 1.02 bits per heavy atom. The highest BCUT2D eigenvalue weighted by Gasteiger charge is 2.40. The molecule has 2 aromatic carbocycles. The summed E-state index contributed by atoms with van der Waals surface area (Å²) in [7, 11) is -0.766. The Hall–Kier alpha value is -3.47. The molecule has 0 N–H and O–H groups in total. The summed E-state index contributed by atoms with van der Waals surface area (Å²) in [6.07, 6.45) is 3.65. The summed E-state index contributed by atoms with van der Waals surface area (Å²) in [4.78, 5) is 22.3. The molecular weight excluding hydrogens is 546 g/mol. The molecule has 0 atom stereocenters. The van der Waals surface area contributed by atoms with Crippen LogP contribution in [0.5, 0.6) is 11.5 Å². The second-order valence-corrected chi connectivity index (χ2v) is 13.1. The minimum Gasteiger partial charge on any atom is -0.493 e. The van der Waals surface area contributed by atoms with Gasteiger partial charge in [-0.15, -0.1) is 11.3 Å². The number of benzene rings is 2. The van der Waals surface area contributed by atoms with Gasteiger partial charge in [0.2, 0.25) is 15.9 Å². The molecule has 1 aliphatic rings. The van der Waals surface area contributed by atoms with Gasteiger partial charge in [-0.3, -0.25) is 9.78 Å². The summed E-state index contributed by atoms with van der Waals surface area (Å²) in [5, 5.41) is 0.746. The zero-order chi connectivity index (χ0) is 28.3. The van der Waals surface area contributed by atoms with E-state index in [2.05, 4.69) is 4.98 Å². The monoisotopic (exact) mass is 579 g/mol. The molecule has 0 saturated heterocycles. The molecule has 40 heavy (non-hydrogen) atoms. The summed E-state index contributed by atoms with van der Waals surface area (Å²) < 4.78 is 40.1. The number of para-hydroxylation sites is 1. The normalized spacial score (nSPS) is 13.5. The third kappa shape index (κ3) is 6.14. The highest BCUT2D eigenvalue weighted by molar-refractivity contribution is 7.89. The predicted molar refractivity (Wildman–Crippen MR) is 156 cm³/mol. The van der Waals surface area contributed by atoms with Crippen LogP contribution in [0.25, 0.3) is 10.9 Å². The summed E-state index contributed by atoms with van der Waals surface area (Å²) >= 11 is 1.64. The van der Waals surface area contributed by atoms with E-state index in [9.17, 15) is 13.2 Å². The number of sulfonamides is 1. The molecule has 0 unspecified atom stereocenters. The first-order valence-corrected chi connectivity index (χ1v) is 15.5. The largest absolute Gasteiger partial charge is 0.493 e. The van der Waals surface area contributed by atoms with Crippen molar-refractivity contribution >= 4 is 38.2 Å². The molecular formula is C30H33N3O5S2. The highest BCUT2D eigenvalue weighted by Crippen LogP contribution is 2.34. The van der Waals surface area contributed by atoms with Gasteiger partial charge in [-0.05, 0) is 68.1 Å². The lowest BCUT2D eigenvalue weighted by Gasteiger charge is -2.27. The molecule has 0 radical (unpaired) electrons. The van der Waals surface area contributed by atoms with Gasteiger partial charge in [0.15, 0.2) is 11.5 Å². The summed E-state index contributed by atoms with van der Waals surface area (Å²) in [6, 6.07) is 18.3. The van der Waals surface area contributed by atoms with E-state index in [1.165, 1.54) is 4.31 Å². The fourth-order valence-corrected chi connectivity index (χ4v) is 7.48. The quantitative estimate of drug-likeness (QED) is 0.234. The van der Waals surface area contributed by atoms with Crippen LogP contribution in [-0.4, -0.2) is 61.9 Å². The van der Waals surface area contributed by atoms with Crippen molar-refractivity contribution in [1.82, 2.24) is 14.2 Å². The van der Waals surface area contributed by atoms with Crippen molar-refractivity contribution in [2.75, 3.05) is 27.3 Å². The van der Waals surface area contributed by atoms with Gasteiger partial charge in [-0.1, -0.05) is 24.3 Å². The maximum absolute atomic E-state index is 13.9. The fourth-order valence-electron chi connectivity index (χ4n) is 4.77. The molecule has 0 bridgehead atoms. The molecule has 1 aliphatic carbocycles. The van der Waals surface area contributed by atoms with Crippen molar-refractivity contribution in [2.24, 2.45) is 0 Å². The smallest absolute Gasteiger partial charge is 0.245 e. The number of ether oxygens (including phenoxy) is 2. The highest BCUT2D eigenvalue weighted by atomic mass is 32.2. The van der Waals surface area contributed by atoms with Crippen LogP contribution in [0.4, 0.5) is 0 Å². The van der Waals surface area contributed by atoms with Crippen LogP contribution < -0.4 is 9.47 Å². The number of aromatic nitrogens is 1. The number of pyridine rings is 1. The standard InChI is InChI=1S/C30H33N3O5S2/c1-21-9-13-25(39-21)19-32(17-15-22-10-14-26(37-2)27(18-22)38-3)29(34)20-33(24-11-12-24)40(35,36)28-8-4-6-23-7-5-16-31-30(23)28/h4-10,13-14,16,18,24H,11-12,15,17,19-20H2,1-3H3. The number of thiophene rings is 1. The number of amides is 1. The van der Waals surface area contributed by atoms with E-state index >= 15 is 0 Å². The van der Waals surface area contributed by atoms with Crippen LogP contribution in [0.2, 0.25) is 0 Å². The molecule has 0 spiro atoms. The van der Waals surface area contributed by atoms with Crippen LogP contribution in [0, 0.1) is 6.92 Å². The molecule has 10 heteroatoms. The molecule has 5 rings (SSSR count). The number of hydrogen-bond acceptors (Lipinski definition) is 7. The minimum absolute atomic E-state index is 0.135. The molecule has 1 saturated carbocycles. The maximum atomic E-state index is 13.9. The lowest BCUT2D eigenvalue weighted by atomic mass is 10.1. The van der Waals surface area contributed by atoms with Crippen molar-refractivity contribution in [2.45, 2.75) is 43.7 Å². The minimum atomic E-state index is -3.95. The average molecular weight is 580 g/mol. The van der Waals surface area contributed by atoms with E-state index < -0.39 is 10.0 Å². The van der Waals surface area contributed by atoms with Crippen molar-refractivity contribution in [3.8, 4) is 11.5 Å². The van der Waals surface area contributed by atoms with Crippen molar-refractivity contribution in [1.29, 1.82) is 0 Å². The number of methoxy groups -OCH3 is 2. The Kier molecular flexibility index (Phi) is 8.39. The lowest BCUT2D eigenvalue weighted by molar-refractivity contribution is -0.132. The molecule has 8 nitrogen and oxygen atoms in total. The number of fused-ring (bicyclic) bond motifs is 1. The zero-order valence-electron chi connectivity index (χ0n) is 22.9. The zero-order valence-corrected chi connectivity index (χ0v) is 24.5. The van der Waals surface area contributed by atoms with Gasteiger partial charge in [0.25, 0.3) is 0 Å². The van der Waals surface area contributed by atoms with E-state index in [1.54, 1.807) is 54.9 Å². The van der Waals surface area contributed by atoms with Crippen LogP contribution in [0.1, 0.15) is 28.2 Å². The number of carbonyl (C=O) groups excluding carboxylic acids is 1. The molecule has 2 aromatic heterocycles. The second-order valence-electron chi connectivity index (χ2n) is 9.88. The van der Waals surface area contributed by atoms with Crippen LogP contribution in [0.15, 0.2) is 71.8 Å². The Labute approximate surface area is 239 Å². The van der Waals surface area contributed by atoms with Gasteiger partial charge in [0.1, 0.15) is 4.90 Å². The predicted octanol–water partition coefficient (Wildman–Crippen LogP) is 5.05. The van der Waals surface area contributed by atoms with Gasteiger partial charge < -0.3 is 14.4 Å². The topological polar surface area (TPSA) is 89.0 Å². The molecule has 4 aromatic rings. The molecule has 0 aliphatic heterocycles. The summed E-state index contributed by atoms with van der Waals surface area (Å²) in [5.41, 5.74) is 1.41. The number of carbonyl (C=O) groups is 1. The first-order chi connectivity index (χ1) is 19.3. The Balaban J connectivity index is 1.40. The van der Waals surface area contributed by atoms with Gasteiger partial charge in [-0.25, -0.2) is 8.42 Å². The summed E-state index contributed by atoms with van der Waals surface area (Å²) in [5.74, 6) is 1.04. The van der Waals surface area contributed by atoms with Gasteiger partial charge in [-0.2, -0.15) is 4.31 Å². The van der Waals surface area contributed by atoms with E-state index in [4.69, 9.17) is 9.47 Å². The maximum Gasteiger partial charge on any atom is 0.245 e. The first-order valence-electron chi connectivity index (χ1n) is 13.2. The SMILES string of the molecule is COc1ccc(CCN(Cc2ccc(C)s2)C(=O)CN(C2CC2)S(=O)(=O)c2cccc3cccnc23)cc1OC. The number of rotatable bonds is 12. The lowest BCUT2D eigenvalue weighted by Crippen LogP contribution is -2.44. The Morgan fingerprint density at radius 2 is 1.80 bits per heavy atom. The molecule has 1 amide bonds. The van der Waals surface area contributed by atoms with Crippen molar-refractivity contribution in [3.63, 3.8) is 0 Å². The van der Waals surface area contributed by atoms with Crippen molar-refractivity contribution in [3.05, 3.63) is 82.2 Å². The number of nitrogens with zero attached hydrogens (tertiary/aromatic N) is 3. The molecule has 210 valence electrons. The van der Waals surface area contributed by atoms with Crippen LogP contribution in [-0.2, 0) is 27.8 Å². The van der Waals surface area contributed by atoms with Crippen molar-refractivity contribution < 1.29 is 22.7 Å². The third-order valence-electron chi connectivity index (χ3n) is 7.04. The Bertz CT molecular complexity index is 1610. The van der Waals surface area contributed by atoms with Crippen LogP contribution in [0.3, 0.4) is 0 Å².